The maximum Gasteiger partial charge on any atom is 0.323 e. The standard InChI is InChI=1S/C13H14N2O2.ClH/c16-13(17)8-15-11-4-2-1-3-9(11)10-7-14-6-5-12(10)15;/h1-4,14H,5-8H2,(H,16,17);1H. The molecule has 0 aliphatic carbocycles. The van der Waals surface area contributed by atoms with Crippen molar-refractivity contribution in [1.29, 1.82) is 0 Å². The lowest BCUT2D eigenvalue weighted by atomic mass is 10.1. The van der Waals surface area contributed by atoms with Crippen LogP contribution in [0, 0.1) is 0 Å². The van der Waals surface area contributed by atoms with Crippen molar-refractivity contribution < 1.29 is 9.90 Å². The van der Waals surface area contributed by atoms with Crippen molar-refractivity contribution in [1.82, 2.24) is 9.88 Å². The van der Waals surface area contributed by atoms with Crippen LogP contribution < -0.4 is 5.32 Å². The molecule has 0 amide bonds. The van der Waals surface area contributed by atoms with E-state index in [1.54, 1.807) is 0 Å². The van der Waals surface area contributed by atoms with E-state index >= 15 is 0 Å². The van der Waals surface area contributed by atoms with Gasteiger partial charge >= 0.3 is 5.97 Å². The van der Waals surface area contributed by atoms with E-state index in [1.807, 2.05) is 22.8 Å². The molecule has 0 unspecified atom stereocenters. The highest BCUT2D eigenvalue weighted by Gasteiger charge is 2.20. The van der Waals surface area contributed by atoms with Gasteiger partial charge in [-0.1, -0.05) is 18.2 Å². The number of carboxylic acids is 1. The summed E-state index contributed by atoms with van der Waals surface area (Å²) in [5, 5.41) is 13.5. The molecule has 1 aliphatic heterocycles. The first kappa shape index (κ1) is 12.9. The number of benzene rings is 1. The van der Waals surface area contributed by atoms with Gasteiger partial charge < -0.3 is 15.0 Å². The largest absolute Gasteiger partial charge is 0.480 e. The van der Waals surface area contributed by atoms with Crippen LogP contribution in [0.1, 0.15) is 11.3 Å². The van der Waals surface area contributed by atoms with Crippen molar-refractivity contribution in [3.8, 4) is 0 Å². The van der Waals surface area contributed by atoms with E-state index in [-0.39, 0.29) is 19.0 Å². The highest BCUT2D eigenvalue weighted by molar-refractivity contribution is 5.87. The molecule has 1 aromatic heterocycles. The van der Waals surface area contributed by atoms with Crippen LogP contribution in [0.4, 0.5) is 0 Å². The summed E-state index contributed by atoms with van der Waals surface area (Å²) < 4.78 is 1.94. The van der Waals surface area contributed by atoms with E-state index < -0.39 is 5.97 Å². The first-order valence-electron chi connectivity index (χ1n) is 5.79. The van der Waals surface area contributed by atoms with Crippen molar-refractivity contribution in [2.75, 3.05) is 6.54 Å². The van der Waals surface area contributed by atoms with E-state index in [0.717, 1.165) is 25.0 Å². The van der Waals surface area contributed by atoms with Gasteiger partial charge in [0.25, 0.3) is 0 Å². The molecule has 96 valence electrons. The van der Waals surface area contributed by atoms with Gasteiger partial charge in [-0.25, -0.2) is 0 Å². The Bertz CT molecular complexity index is 592. The number of carbonyl (C=O) groups is 1. The summed E-state index contributed by atoms with van der Waals surface area (Å²) in [7, 11) is 0. The molecule has 0 bridgehead atoms. The van der Waals surface area contributed by atoms with Crippen LogP contribution in [0.3, 0.4) is 0 Å². The van der Waals surface area contributed by atoms with Gasteiger partial charge in [0.1, 0.15) is 6.54 Å². The number of nitrogens with zero attached hydrogens (tertiary/aromatic N) is 1. The minimum Gasteiger partial charge on any atom is -0.480 e. The van der Waals surface area contributed by atoms with Gasteiger partial charge in [-0.15, -0.1) is 12.4 Å². The monoisotopic (exact) mass is 266 g/mol. The molecule has 2 N–H and O–H groups in total. The lowest BCUT2D eigenvalue weighted by Gasteiger charge is -2.16. The Morgan fingerprint density at radius 1 is 1.39 bits per heavy atom. The van der Waals surface area contributed by atoms with Crippen LogP contribution in [-0.4, -0.2) is 22.2 Å². The van der Waals surface area contributed by atoms with Crippen molar-refractivity contribution in [2.24, 2.45) is 0 Å². The number of rotatable bonds is 2. The highest BCUT2D eigenvalue weighted by Crippen LogP contribution is 2.28. The number of aliphatic carboxylic acids is 1. The molecular formula is C13H15ClN2O2. The minimum absolute atomic E-state index is 0. The zero-order chi connectivity index (χ0) is 11.8. The molecule has 2 heterocycles. The molecule has 1 aromatic carbocycles. The topological polar surface area (TPSA) is 54.3 Å². The van der Waals surface area contributed by atoms with Gasteiger partial charge in [0.2, 0.25) is 0 Å². The second-order valence-electron chi connectivity index (χ2n) is 4.35. The Labute approximate surface area is 111 Å². The van der Waals surface area contributed by atoms with Crippen molar-refractivity contribution in [3.63, 3.8) is 0 Å². The molecule has 1 aliphatic rings. The predicted octanol–water partition coefficient (Wildman–Crippen LogP) is 1.79. The Morgan fingerprint density at radius 2 is 2.17 bits per heavy atom. The van der Waals surface area contributed by atoms with E-state index in [0.29, 0.717) is 0 Å². The summed E-state index contributed by atoms with van der Waals surface area (Å²) >= 11 is 0. The van der Waals surface area contributed by atoms with Gasteiger partial charge in [-0.3, -0.25) is 4.79 Å². The molecule has 0 radical (unpaired) electrons. The van der Waals surface area contributed by atoms with Gasteiger partial charge in [0.15, 0.2) is 0 Å². The summed E-state index contributed by atoms with van der Waals surface area (Å²) in [4.78, 5) is 11.0. The molecule has 0 spiro atoms. The third-order valence-corrected chi connectivity index (χ3v) is 3.33. The van der Waals surface area contributed by atoms with Gasteiger partial charge in [0.05, 0.1) is 0 Å². The molecule has 3 rings (SSSR count). The SMILES string of the molecule is Cl.O=C(O)Cn1c2c(c3ccccc31)CNCC2. The maximum absolute atomic E-state index is 11.0. The zero-order valence-electron chi connectivity index (χ0n) is 9.85. The number of aromatic nitrogens is 1. The van der Waals surface area contributed by atoms with E-state index in [9.17, 15) is 4.79 Å². The zero-order valence-corrected chi connectivity index (χ0v) is 10.7. The first-order valence-corrected chi connectivity index (χ1v) is 5.79. The number of halogens is 1. The summed E-state index contributed by atoms with van der Waals surface area (Å²) in [6, 6.07) is 8.03. The molecule has 5 heteroatoms. The predicted molar refractivity (Wildman–Crippen MR) is 72.2 cm³/mol. The lowest BCUT2D eigenvalue weighted by molar-refractivity contribution is -0.137. The summed E-state index contributed by atoms with van der Waals surface area (Å²) in [5.41, 5.74) is 3.46. The van der Waals surface area contributed by atoms with E-state index in [4.69, 9.17) is 5.11 Å². The van der Waals surface area contributed by atoms with Crippen LogP contribution in [0.15, 0.2) is 24.3 Å². The second kappa shape index (κ2) is 5.00. The third-order valence-electron chi connectivity index (χ3n) is 3.33. The molecule has 0 saturated carbocycles. The second-order valence-corrected chi connectivity index (χ2v) is 4.35. The van der Waals surface area contributed by atoms with E-state index in [2.05, 4.69) is 11.4 Å². The number of fused-ring (bicyclic) bond motifs is 3. The number of hydrogen-bond donors (Lipinski definition) is 2. The molecule has 2 aromatic rings. The van der Waals surface area contributed by atoms with Crippen LogP contribution >= 0.6 is 12.4 Å². The molecule has 18 heavy (non-hydrogen) atoms. The Hall–Kier alpha value is -1.52. The Kier molecular flexibility index (Phi) is 3.59. The van der Waals surface area contributed by atoms with E-state index in [1.165, 1.54) is 16.6 Å². The summed E-state index contributed by atoms with van der Waals surface area (Å²) in [6.07, 6.45) is 0.900. The highest BCUT2D eigenvalue weighted by atomic mass is 35.5. The molecule has 0 saturated heterocycles. The average Bonchev–Trinajstić information content (AvgIpc) is 2.65. The smallest absolute Gasteiger partial charge is 0.323 e. The third kappa shape index (κ3) is 1.98. The van der Waals surface area contributed by atoms with Crippen LogP contribution in [0.2, 0.25) is 0 Å². The lowest BCUT2D eigenvalue weighted by Crippen LogP contribution is -2.25. The van der Waals surface area contributed by atoms with Crippen LogP contribution in [-0.2, 0) is 24.3 Å². The van der Waals surface area contributed by atoms with Gasteiger partial charge in [0, 0.05) is 36.1 Å². The fraction of sp³-hybridized carbons (Fsp3) is 0.308. The fourth-order valence-corrected chi connectivity index (χ4v) is 2.65. The van der Waals surface area contributed by atoms with Crippen molar-refractivity contribution in [2.45, 2.75) is 19.5 Å². The minimum atomic E-state index is -0.785. The number of hydrogen-bond acceptors (Lipinski definition) is 2. The van der Waals surface area contributed by atoms with Crippen molar-refractivity contribution >= 4 is 29.3 Å². The molecule has 0 atom stereocenters. The number of carboxylic acid groups (broad SMARTS) is 1. The van der Waals surface area contributed by atoms with Crippen molar-refractivity contribution in [3.05, 3.63) is 35.5 Å². The quantitative estimate of drug-likeness (QED) is 0.871. The average molecular weight is 267 g/mol. The Morgan fingerprint density at radius 3 is 2.94 bits per heavy atom. The number of nitrogens with one attached hydrogen (secondary N) is 1. The molecule has 0 fully saturated rings. The maximum atomic E-state index is 11.0. The number of para-hydroxylation sites is 1. The summed E-state index contributed by atoms with van der Waals surface area (Å²) in [6.45, 7) is 1.81. The summed E-state index contributed by atoms with van der Waals surface area (Å²) in [5.74, 6) is -0.785. The van der Waals surface area contributed by atoms with Crippen LogP contribution in [0.25, 0.3) is 10.9 Å². The first-order chi connectivity index (χ1) is 8.27. The molecule has 4 nitrogen and oxygen atoms in total. The normalized spacial score (nSPS) is 14.0. The van der Waals surface area contributed by atoms with Gasteiger partial charge in [-0.05, 0) is 11.6 Å². The van der Waals surface area contributed by atoms with Gasteiger partial charge in [-0.2, -0.15) is 0 Å². The fourth-order valence-electron chi connectivity index (χ4n) is 2.65. The Balaban J connectivity index is 0.00000120. The molecular weight excluding hydrogens is 252 g/mol. The van der Waals surface area contributed by atoms with Crippen LogP contribution in [0.5, 0.6) is 0 Å².